The van der Waals surface area contributed by atoms with Gasteiger partial charge in [-0.05, 0) is 30.2 Å². The highest BCUT2D eigenvalue weighted by atomic mass is 15.1. The third-order valence-corrected chi connectivity index (χ3v) is 3.06. The highest BCUT2D eigenvalue weighted by molar-refractivity contribution is 5.57. The molecule has 1 nitrogen and oxygen atoms in total. The summed E-state index contributed by atoms with van der Waals surface area (Å²) < 4.78 is 0. The Labute approximate surface area is 96.3 Å². The molecule has 0 spiro atoms. The lowest BCUT2D eigenvalue weighted by molar-refractivity contribution is 0.992. The van der Waals surface area contributed by atoms with Gasteiger partial charge in [-0.25, -0.2) is 0 Å². The third-order valence-electron chi connectivity index (χ3n) is 3.06. The second-order valence-corrected chi connectivity index (χ2v) is 4.29. The molecule has 1 aliphatic rings. The molecule has 0 aromatic heterocycles. The van der Waals surface area contributed by atoms with Gasteiger partial charge in [0.1, 0.15) is 0 Å². The van der Waals surface area contributed by atoms with E-state index < -0.39 is 0 Å². The summed E-state index contributed by atoms with van der Waals surface area (Å²) in [6.07, 6.45) is 0. The summed E-state index contributed by atoms with van der Waals surface area (Å²) in [6, 6.07) is 17.2. The van der Waals surface area contributed by atoms with Crippen LogP contribution in [0.2, 0.25) is 0 Å². The van der Waals surface area contributed by atoms with Crippen molar-refractivity contribution in [2.45, 2.75) is 13.5 Å². The van der Waals surface area contributed by atoms with Crippen LogP contribution in [0.25, 0.3) is 0 Å². The van der Waals surface area contributed by atoms with Crippen LogP contribution in [0.1, 0.15) is 16.7 Å². The molecule has 0 atom stereocenters. The molecule has 3 rings (SSSR count). The number of nitrogens with zero attached hydrogens (tertiary/aromatic N) is 1. The van der Waals surface area contributed by atoms with E-state index in [9.17, 15) is 0 Å². The van der Waals surface area contributed by atoms with Crippen molar-refractivity contribution in [3.05, 3.63) is 71.8 Å². The van der Waals surface area contributed by atoms with E-state index in [0.717, 1.165) is 6.54 Å². The second-order valence-electron chi connectivity index (χ2n) is 4.29. The normalized spacial score (nSPS) is 13.9. The van der Waals surface area contributed by atoms with Crippen LogP contribution in [-0.4, -0.2) is 0 Å². The molecular formula is C15H14N. The summed E-state index contributed by atoms with van der Waals surface area (Å²) in [6.45, 7) is 5.32. The molecule has 0 saturated heterocycles. The zero-order chi connectivity index (χ0) is 11.0. The summed E-state index contributed by atoms with van der Waals surface area (Å²) in [5.41, 5.74) is 5.31. The summed E-state index contributed by atoms with van der Waals surface area (Å²) >= 11 is 0. The van der Waals surface area contributed by atoms with Gasteiger partial charge in [0.25, 0.3) is 0 Å². The van der Waals surface area contributed by atoms with Crippen LogP contribution in [0, 0.1) is 13.5 Å². The average Bonchev–Trinajstić information content (AvgIpc) is 2.73. The van der Waals surface area contributed by atoms with E-state index in [0.29, 0.717) is 0 Å². The number of rotatable bonds is 1. The largest absolute Gasteiger partial charge is 0.358 e. The minimum absolute atomic E-state index is 0.985. The van der Waals surface area contributed by atoms with Crippen molar-refractivity contribution in [3.63, 3.8) is 0 Å². The number of fused-ring (bicyclic) bond motifs is 1. The van der Waals surface area contributed by atoms with Gasteiger partial charge in [-0.1, -0.05) is 42.0 Å². The molecule has 2 aromatic carbocycles. The van der Waals surface area contributed by atoms with Crippen molar-refractivity contribution in [2.24, 2.45) is 0 Å². The molecule has 0 unspecified atom stereocenters. The van der Waals surface area contributed by atoms with Crippen molar-refractivity contribution in [1.29, 1.82) is 0 Å². The van der Waals surface area contributed by atoms with Gasteiger partial charge in [-0.2, -0.15) is 0 Å². The standard InChI is InChI=1S/C15H14N/c1-12-6-8-15(9-7-12)16-10-13-4-2-3-5-14(13)11-16/h2-10H,11H2,1H3. The van der Waals surface area contributed by atoms with Crippen molar-refractivity contribution >= 4 is 5.69 Å². The van der Waals surface area contributed by atoms with E-state index in [4.69, 9.17) is 0 Å². The fourth-order valence-corrected chi connectivity index (χ4v) is 2.10. The second kappa shape index (κ2) is 3.67. The van der Waals surface area contributed by atoms with Gasteiger partial charge >= 0.3 is 0 Å². The first-order valence-electron chi connectivity index (χ1n) is 5.59. The quantitative estimate of drug-likeness (QED) is 0.693. The van der Waals surface area contributed by atoms with Gasteiger partial charge in [-0.15, -0.1) is 0 Å². The number of benzene rings is 2. The first kappa shape index (κ1) is 9.46. The summed E-state index contributed by atoms with van der Waals surface area (Å²) in [5.74, 6) is 0. The van der Waals surface area contributed by atoms with E-state index >= 15 is 0 Å². The highest BCUT2D eigenvalue weighted by Gasteiger charge is 2.18. The van der Waals surface area contributed by atoms with Gasteiger partial charge < -0.3 is 4.90 Å². The smallest absolute Gasteiger partial charge is 0.0795 e. The number of hydrogen-bond acceptors (Lipinski definition) is 1. The Hall–Kier alpha value is -1.76. The van der Waals surface area contributed by atoms with E-state index in [1.807, 2.05) is 0 Å². The Morgan fingerprint density at radius 2 is 1.69 bits per heavy atom. The van der Waals surface area contributed by atoms with Crippen LogP contribution < -0.4 is 4.90 Å². The summed E-state index contributed by atoms with van der Waals surface area (Å²) in [4.78, 5) is 2.30. The van der Waals surface area contributed by atoms with Crippen molar-refractivity contribution in [2.75, 3.05) is 4.90 Å². The molecule has 16 heavy (non-hydrogen) atoms. The molecule has 1 heterocycles. The fourth-order valence-electron chi connectivity index (χ4n) is 2.10. The molecule has 1 radical (unpaired) electrons. The molecule has 0 amide bonds. The van der Waals surface area contributed by atoms with Gasteiger partial charge in [0.15, 0.2) is 0 Å². The van der Waals surface area contributed by atoms with Crippen LogP contribution in [0.3, 0.4) is 0 Å². The van der Waals surface area contributed by atoms with Crippen molar-refractivity contribution in [1.82, 2.24) is 0 Å². The van der Waals surface area contributed by atoms with Crippen LogP contribution in [0.4, 0.5) is 5.69 Å². The lowest BCUT2D eigenvalue weighted by atomic mass is 10.1. The van der Waals surface area contributed by atoms with Gasteiger partial charge in [-0.3, -0.25) is 0 Å². The molecule has 0 bridgehead atoms. The Balaban J connectivity index is 1.88. The topological polar surface area (TPSA) is 3.24 Å². The maximum absolute atomic E-state index is 2.30. The Bertz CT molecular complexity index is 474. The molecular weight excluding hydrogens is 194 g/mol. The molecule has 1 heteroatoms. The minimum Gasteiger partial charge on any atom is -0.358 e. The van der Waals surface area contributed by atoms with Gasteiger partial charge in [0.2, 0.25) is 0 Å². The van der Waals surface area contributed by atoms with Crippen LogP contribution in [0.15, 0.2) is 48.5 Å². The number of hydrogen-bond donors (Lipinski definition) is 0. The molecule has 2 aromatic rings. The SMILES string of the molecule is Cc1ccc(N2[CH]c3ccccc3C2)cc1. The predicted molar refractivity (Wildman–Crippen MR) is 67.2 cm³/mol. The molecule has 1 aliphatic heterocycles. The first-order valence-corrected chi connectivity index (χ1v) is 5.59. The zero-order valence-corrected chi connectivity index (χ0v) is 9.35. The van der Waals surface area contributed by atoms with E-state index in [1.54, 1.807) is 0 Å². The van der Waals surface area contributed by atoms with Crippen molar-refractivity contribution in [3.8, 4) is 0 Å². The average molecular weight is 208 g/mol. The zero-order valence-electron chi connectivity index (χ0n) is 9.35. The fraction of sp³-hybridized carbons (Fsp3) is 0.133. The third kappa shape index (κ3) is 1.58. The maximum Gasteiger partial charge on any atom is 0.0795 e. The first-order chi connectivity index (χ1) is 7.83. The summed E-state index contributed by atoms with van der Waals surface area (Å²) in [7, 11) is 0. The van der Waals surface area contributed by atoms with Crippen LogP contribution in [-0.2, 0) is 6.54 Å². The van der Waals surface area contributed by atoms with E-state index in [1.165, 1.54) is 22.4 Å². The van der Waals surface area contributed by atoms with Gasteiger partial charge in [0, 0.05) is 12.2 Å². The molecule has 0 N–H and O–H groups in total. The molecule has 0 saturated carbocycles. The highest BCUT2D eigenvalue weighted by Crippen LogP contribution is 2.29. The predicted octanol–water partition coefficient (Wildman–Crippen LogP) is 3.53. The van der Waals surface area contributed by atoms with Crippen LogP contribution >= 0.6 is 0 Å². The van der Waals surface area contributed by atoms with E-state index in [2.05, 4.69) is 66.9 Å². The maximum atomic E-state index is 2.30. The van der Waals surface area contributed by atoms with Crippen LogP contribution in [0.5, 0.6) is 0 Å². The minimum atomic E-state index is 0.985. The van der Waals surface area contributed by atoms with Gasteiger partial charge in [0.05, 0.1) is 6.54 Å². The van der Waals surface area contributed by atoms with Crippen molar-refractivity contribution < 1.29 is 0 Å². The summed E-state index contributed by atoms with van der Waals surface area (Å²) in [5, 5.41) is 0. The molecule has 0 fully saturated rings. The lowest BCUT2D eigenvalue weighted by Crippen LogP contribution is -2.12. The van der Waals surface area contributed by atoms with E-state index in [-0.39, 0.29) is 0 Å². The Morgan fingerprint density at radius 1 is 0.938 bits per heavy atom. The number of aryl methyl sites for hydroxylation is 1. The Morgan fingerprint density at radius 3 is 2.44 bits per heavy atom. The number of anilines is 1. The monoisotopic (exact) mass is 208 g/mol. The lowest BCUT2D eigenvalue weighted by Gasteiger charge is -2.17. The molecule has 0 aliphatic carbocycles. The Kier molecular flexibility index (Phi) is 2.17. The molecule has 79 valence electrons.